The summed E-state index contributed by atoms with van der Waals surface area (Å²) < 4.78 is 5.47. The Bertz CT molecular complexity index is 1110. The monoisotopic (exact) mass is 443 g/mol. The van der Waals surface area contributed by atoms with Crippen LogP contribution in [0, 0.1) is 5.41 Å². The first kappa shape index (κ1) is 22.5. The molecule has 2 aromatic carbocycles. The minimum Gasteiger partial charge on any atom is -0.494 e. The molecule has 0 aliphatic carbocycles. The summed E-state index contributed by atoms with van der Waals surface area (Å²) in [4.78, 5) is 31.5. The minimum atomic E-state index is -0.780. The fourth-order valence-corrected chi connectivity index (χ4v) is 4.53. The molecule has 1 fully saturated rings. The number of benzene rings is 2. The predicted molar refractivity (Wildman–Crippen MR) is 128 cm³/mol. The van der Waals surface area contributed by atoms with Crippen LogP contribution in [-0.2, 0) is 22.4 Å². The van der Waals surface area contributed by atoms with Gasteiger partial charge in [-0.3, -0.25) is 14.6 Å². The Hall–Kier alpha value is -3.67. The fraction of sp³-hybridized carbons (Fsp3) is 0.296. The third-order valence-corrected chi connectivity index (χ3v) is 6.36. The van der Waals surface area contributed by atoms with Gasteiger partial charge in [-0.25, -0.2) is 0 Å². The number of likely N-dealkylation sites (tertiary alicyclic amines) is 1. The molecule has 170 valence electrons. The highest BCUT2D eigenvalue weighted by Crippen LogP contribution is 2.37. The number of amides is 2. The number of pyridine rings is 1. The minimum absolute atomic E-state index is 0.00436. The molecule has 2 heterocycles. The first-order valence-electron chi connectivity index (χ1n) is 11.3. The van der Waals surface area contributed by atoms with Crippen LogP contribution >= 0.6 is 0 Å². The number of hydrogen-bond donors (Lipinski definition) is 1. The number of carbonyl (C=O) groups excluding carboxylic acids is 2. The number of hydrogen-bond acceptors (Lipinski definition) is 4. The van der Waals surface area contributed by atoms with E-state index in [4.69, 9.17) is 10.5 Å². The maximum Gasteiger partial charge on any atom is 0.227 e. The highest BCUT2D eigenvalue weighted by Gasteiger charge is 2.45. The van der Waals surface area contributed by atoms with Gasteiger partial charge >= 0.3 is 0 Å². The van der Waals surface area contributed by atoms with Gasteiger partial charge in [-0.2, -0.15) is 0 Å². The van der Waals surface area contributed by atoms with Crippen molar-refractivity contribution >= 4 is 11.8 Å². The lowest BCUT2D eigenvalue weighted by Gasteiger charge is -2.27. The molecule has 1 aliphatic rings. The molecule has 0 bridgehead atoms. The molecule has 0 spiro atoms. The summed E-state index contributed by atoms with van der Waals surface area (Å²) in [5, 5.41) is 0. The first-order valence-corrected chi connectivity index (χ1v) is 11.3. The van der Waals surface area contributed by atoms with Gasteiger partial charge in [0.25, 0.3) is 0 Å². The van der Waals surface area contributed by atoms with E-state index in [0.717, 1.165) is 28.0 Å². The van der Waals surface area contributed by atoms with E-state index in [2.05, 4.69) is 4.98 Å². The Morgan fingerprint density at radius 3 is 2.48 bits per heavy atom. The molecule has 2 N–H and O–H groups in total. The van der Waals surface area contributed by atoms with Gasteiger partial charge in [-0.05, 0) is 66.3 Å². The predicted octanol–water partition coefficient (Wildman–Crippen LogP) is 3.64. The van der Waals surface area contributed by atoms with E-state index >= 15 is 0 Å². The van der Waals surface area contributed by atoms with E-state index in [1.807, 2.05) is 67.6 Å². The summed E-state index contributed by atoms with van der Waals surface area (Å²) >= 11 is 0. The largest absolute Gasteiger partial charge is 0.494 e. The van der Waals surface area contributed by atoms with Gasteiger partial charge in [0, 0.05) is 25.5 Å². The quantitative estimate of drug-likeness (QED) is 0.576. The van der Waals surface area contributed by atoms with E-state index in [9.17, 15) is 9.59 Å². The van der Waals surface area contributed by atoms with Crippen LogP contribution in [0.15, 0.2) is 73.1 Å². The van der Waals surface area contributed by atoms with Gasteiger partial charge in [-0.1, -0.05) is 36.4 Å². The highest BCUT2D eigenvalue weighted by atomic mass is 16.5. The van der Waals surface area contributed by atoms with Crippen LogP contribution in [0.5, 0.6) is 5.75 Å². The molecule has 1 aliphatic heterocycles. The molecule has 0 radical (unpaired) electrons. The van der Waals surface area contributed by atoms with Crippen LogP contribution in [0.2, 0.25) is 0 Å². The molecule has 1 saturated heterocycles. The molecule has 1 aromatic heterocycles. The number of nitrogens with zero attached hydrogens (tertiary/aromatic N) is 2. The Morgan fingerprint density at radius 1 is 1.06 bits per heavy atom. The Labute approximate surface area is 194 Å². The van der Waals surface area contributed by atoms with E-state index < -0.39 is 5.41 Å². The SMILES string of the molecule is CCOc1ccc(CC(=O)N2CCC(Cc3ccccc3-c3ccncc3)(C(N)=O)C2)cc1. The molecule has 33 heavy (non-hydrogen) atoms. The Kier molecular flexibility index (Phi) is 6.73. The topological polar surface area (TPSA) is 85.5 Å². The Balaban J connectivity index is 1.50. The third-order valence-electron chi connectivity index (χ3n) is 6.36. The second-order valence-corrected chi connectivity index (χ2v) is 8.53. The van der Waals surface area contributed by atoms with Crippen molar-refractivity contribution in [3.63, 3.8) is 0 Å². The number of aromatic nitrogens is 1. The van der Waals surface area contributed by atoms with Crippen molar-refractivity contribution in [3.05, 3.63) is 84.2 Å². The summed E-state index contributed by atoms with van der Waals surface area (Å²) in [5.41, 5.74) is 9.21. The van der Waals surface area contributed by atoms with Gasteiger partial charge in [0.15, 0.2) is 0 Å². The molecule has 6 nitrogen and oxygen atoms in total. The molecular weight excluding hydrogens is 414 g/mol. The summed E-state index contributed by atoms with van der Waals surface area (Å²) in [7, 11) is 0. The van der Waals surface area contributed by atoms with Gasteiger partial charge in [0.05, 0.1) is 18.4 Å². The van der Waals surface area contributed by atoms with Crippen molar-refractivity contribution in [3.8, 4) is 16.9 Å². The number of nitrogens with two attached hydrogens (primary N) is 1. The van der Waals surface area contributed by atoms with E-state index in [1.54, 1.807) is 17.3 Å². The molecule has 3 aromatic rings. The number of rotatable bonds is 8. The van der Waals surface area contributed by atoms with Crippen molar-refractivity contribution in [2.75, 3.05) is 19.7 Å². The van der Waals surface area contributed by atoms with E-state index in [0.29, 0.717) is 32.5 Å². The zero-order chi connectivity index (χ0) is 23.3. The lowest BCUT2D eigenvalue weighted by Crippen LogP contribution is -2.42. The standard InChI is InChI=1S/C27H29N3O3/c1-2-33-23-9-7-20(8-10-23)17-25(31)30-16-13-27(19-30,26(28)32)18-22-5-3-4-6-24(22)21-11-14-29-15-12-21/h3-12,14-15H,2,13,16-19H2,1H3,(H2,28,32). The van der Waals surface area contributed by atoms with Gasteiger partial charge in [0.1, 0.15) is 5.75 Å². The Morgan fingerprint density at radius 2 is 1.79 bits per heavy atom. The fourth-order valence-electron chi connectivity index (χ4n) is 4.53. The molecule has 2 amide bonds. The van der Waals surface area contributed by atoms with Crippen LogP contribution in [0.1, 0.15) is 24.5 Å². The number of carbonyl (C=O) groups is 2. The summed E-state index contributed by atoms with van der Waals surface area (Å²) in [6.45, 7) is 3.40. The van der Waals surface area contributed by atoms with Crippen molar-refractivity contribution in [2.45, 2.75) is 26.2 Å². The number of primary amides is 1. The van der Waals surface area contributed by atoms with Gasteiger partial charge in [0.2, 0.25) is 11.8 Å². The van der Waals surface area contributed by atoms with Crippen molar-refractivity contribution < 1.29 is 14.3 Å². The van der Waals surface area contributed by atoms with Gasteiger partial charge in [-0.15, -0.1) is 0 Å². The second kappa shape index (κ2) is 9.86. The lowest BCUT2D eigenvalue weighted by molar-refractivity contribution is -0.131. The average Bonchev–Trinajstić information content (AvgIpc) is 3.27. The van der Waals surface area contributed by atoms with Gasteiger partial charge < -0.3 is 15.4 Å². The molecule has 0 saturated carbocycles. The third kappa shape index (κ3) is 5.06. The molecular formula is C27H29N3O3. The smallest absolute Gasteiger partial charge is 0.227 e. The van der Waals surface area contributed by atoms with Crippen LogP contribution < -0.4 is 10.5 Å². The summed E-state index contributed by atoms with van der Waals surface area (Å²) in [5.74, 6) is 0.434. The lowest BCUT2D eigenvalue weighted by atomic mass is 9.78. The molecule has 1 unspecified atom stereocenters. The van der Waals surface area contributed by atoms with Crippen LogP contribution in [0.25, 0.3) is 11.1 Å². The zero-order valence-electron chi connectivity index (χ0n) is 18.9. The second-order valence-electron chi connectivity index (χ2n) is 8.53. The maximum atomic E-state index is 13.0. The first-order chi connectivity index (χ1) is 16.0. The van der Waals surface area contributed by atoms with Crippen LogP contribution in [-0.4, -0.2) is 41.4 Å². The van der Waals surface area contributed by atoms with Crippen molar-refractivity contribution in [2.24, 2.45) is 11.1 Å². The van der Waals surface area contributed by atoms with E-state index in [1.165, 1.54) is 0 Å². The summed E-state index contributed by atoms with van der Waals surface area (Å²) in [6.07, 6.45) is 4.85. The highest BCUT2D eigenvalue weighted by molar-refractivity contribution is 5.85. The average molecular weight is 444 g/mol. The number of ether oxygens (including phenoxy) is 1. The molecule has 4 rings (SSSR count). The molecule has 6 heteroatoms. The van der Waals surface area contributed by atoms with Crippen molar-refractivity contribution in [1.82, 2.24) is 9.88 Å². The molecule has 1 atom stereocenters. The normalized spacial score (nSPS) is 17.7. The van der Waals surface area contributed by atoms with E-state index in [-0.39, 0.29) is 18.2 Å². The van der Waals surface area contributed by atoms with Crippen molar-refractivity contribution in [1.29, 1.82) is 0 Å². The maximum absolute atomic E-state index is 13.0. The van der Waals surface area contributed by atoms with Crippen LogP contribution in [0.3, 0.4) is 0 Å². The zero-order valence-corrected chi connectivity index (χ0v) is 18.9. The summed E-state index contributed by atoms with van der Waals surface area (Å²) in [6, 6.07) is 19.5. The van der Waals surface area contributed by atoms with Crippen LogP contribution in [0.4, 0.5) is 0 Å².